The van der Waals surface area contributed by atoms with Gasteiger partial charge < -0.3 is 10.2 Å². The lowest BCUT2D eigenvalue weighted by atomic mass is 9.65. The van der Waals surface area contributed by atoms with Crippen LogP contribution in [0.1, 0.15) is 66.2 Å². The van der Waals surface area contributed by atoms with Crippen molar-refractivity contribution in [2.75, 3.05) is 19.6 Å². The smallest absolute Gasteiger partial charge is 0.325 e. The van der Waals surface area contributed by atoms with Crippen molar-refractivity contribution >= 4 is 17.8 Å². The molecule has 0 unspecified atom stereocenters. The van der Waals surface area contributed by atoms with Crippen molar-refractivity contribution in [3.05, 3.63) is 0 Å². The van der Waals surface area contributed by atoms with Gasteiger partial charge in [0, 0.05) is 13.1 Å². The lowest BCUT2D eigenvalue weighted by Crippen LogP contribution is -2.51. The van der Waals surface area contributed by atoms with E-state index >= 15 is 0 Å². The summed E-state index contributed by atoms with van der Waals surface area (Å²) in [6.07, 6.45) is 4.37. The maximum atomic E-state index is 13.0. The van der Waals surface area contributed by atoms with E-state index in [-0.39, 0.29) is 30.2 Å². The van der Waals surface area contributed by atoms with Gasteiger partial charge in [0.05, 0.1) is 12.5 Å². The largest absolute Gasteiger partial charge is 0.340 e. The van der Waals surface area contributed by atoms with Crippen LogP contribution in [0.25, 0.3) is 0 Å². The molecule has 1 saturated heterocycles. The number of hydrogen-bond acceptors (Lipinski definition) is 4. The molecule has 0 atom stereocenters. The third-order valence-corrected chi connectivity index (χ3v) is 6.62. The molecular weight excluding hydrogens is 344 g/mol. The van der Waals surface area contributed by atoms with Gasteiger partial charge in [0.2, 0.25) is 5.91 Å². The van der Waals surface area contributed by atoms with Crippen molar-refractivity contribution in [3.63, 3.8) is 0 Å². The molecule has 1 spiro atoms. The predicted molar refractivity (Wildman–Crippen MR) is 101 cm³/mol. The zero-order valence-electron chi connectivity index (χ0n) is 17.0. The van der Waals surface area contributed by atoms with E-state index in [1.54, 1.807) is 0 Å². The highest BCUT2D eigenvalue weighted by Gasteiger charge is 2.53. The zero-order chi connectivity index (χ0) is 20.2. The highest BCUT2D eigenvalue weighted by molar-refractivity contribution is 6.09. The van der Waals surface area contributed by atoms with E-state index in [4.69, 9.17) is 5.26 Å². The Balaban J connectivity index is 2.03. The van der Waals surface area contributed by atoms with Crippen molar-refractivity contribution in [2.45, 2.75) is 71.8 Å². The summed E-state index contributed by atoms with van der Waals surface area (Å²) < 4.78 is 0. The first kappa shape index (κ1) is 21.2. The van der Waals surface area contributed by atoms with Crippen LogP contribution in [0.4, 0.5) is 4.79 Å². The molecule has 0 aromatic rings. The monoisotopic (exact) mass is 376 g/mol. The summed E-state index contributed by atoms with van der Waals surface area (Å²) in [5.74, 6) is -0.0332. The number of hydrogen-bond donors (Lipinski definition) is 1. The molecule has 4 amide bonds. The fourth-order valence-corrected chi connectivity index (χ4v) is 4.22. The molecular formula is C20H32N4O3. The number of imide groups is 1. The molecule has 1 saturated carbocycles. The normalized spacial score (nSPS) is 25.4. The fraction of sp³-hybridized carbons (Fsp3) is 0.800. The Morgan fingerprint density at radius 2 is 1.96 bits per heavy atom. The number of nitrogens with one attached hydrogen (secondary N) is 1. The standard InChI is InChI=1S/C20H32N4O3/c1-5-19(3,4)15-8-10-20(11-9-15)17(26)24(18(27)22-20)14-16(25)23(6-2)13-7-12-21/h15H,5-11,13-14H2,1-4H3,(H,22,27). The zero-order valence-corrected chi connectivity index (χ0v) is 17.0. The van der Waals surface area contributed by atoms with Gasteiger partial charge in [-0.3, -0.25) is 14.5 Å². The molecule has 7 nitrogen and oxygen atoms in total. The molecule has 1 aliphatic heterocycles. The van der Waals surface area contributed by atoms with Crippen LogP contribution in [0, 0.1) is 22.7 Å². The number of carbonyl (C=O) groups excluding carboxylic acids is 3. The summed E-state index contributed by atoms with van der Waals surface area (Å²) in [6, 6.07) is 1.54. The molecule has 2 rings (SSSR count). The summed E-state index contributed by atoms with van der Waals surface area (Å²) in [4.78, 5) is 40.5. The van der Waals surface area contributed by atoms with Crippen LogP contribution in [0.5, 0.6) is 0 Å². The quantitative estimate of drug-likeness (QED) is 0.691. The van der Waals surface area contributed by atoms with Gasteiger partial charge in [-0.25, -0.2) is 4.79 Å². The number of nitriles is 1. The van der Waals surface area contributed by atoms with Gasteiger partial charge in [-0.1, -0.05) is 27.2 Å². The minimum atomic E-state index is -0.846. The SMILES string of the molecule is CCN(CCC#N)C(=O)CN1C(=O)NC2(CCC(C(C)(C)CC)CC2)C1=O. The average molecular weight is 377 g/mol. The molecule has 150 valence electrons. The van der Waals surface area contributed by atoms with Crippen LogP contribution in [-0.4, -0.2) is 52.8 Å². The first-order chi connectivity index (χ1) is 12.7. The number of urea groups is 1. The van der Waals surface area contributed by atoms with Crippen LogP contribution in [0.3, 0.4) is 0 Å². The van der Waals surface area contributed by atoms with Gasteiger partial charge in [-0.05, 0) is 43.9 Å². The second kappa shape index (κ2) is 8.28. The Morgan fingerprint density at radius 3 is 2.48 bits per heavy atom. The number of nitrogens with zero attached hydrogens (tertiary/aromatic N) is 3. The van der Waals surface area contributed by atoms with Gasteiger partial charge in [-0.2, -0.15) is 5.26 Å². The fourth-order valence-electron chi connectivity index (χ4n) is 4.22. The Morgan fingerprint density at radius 1 is 1.33 bits per heavy atom. The number of amides is 4. The maximum absolute atomic E-state index is 13.0. The number of carbonyl (C=O) groups is 3. The van der Waals surface area contributed by atoms with Crippen molar-refractivity contribution in [3.8, 4) is 6.07 Å². The molecule has 2 fully saturated rings. The van der Waals surface area contributed by atoms with Crippen molar-refractivity contribution in [2.24, 2.45) is 11.3 Å². The van der Waals surface area contributed by atoms with Crippen LogP contribution < -0.4 is 5.32 Å². The number of likely N-dealkylation sites (N-methyl/N-ethyl adjacent to an activating group) is 1. The van der Waals surface area contributed by atoms with Gasteiger partial charge >= 0.3 is 6.03 Å². The topological polar surface area (TPSA) is 93.5 Å². The maximum Gasteiger partial charge on any atom is 0.325 e. The first-order valence-electron chi connectivity index (χ1n) is 9.99. The molecule has 0 bridgehead atoms. The first-order valence-corrected chi connectivity index (χ1v) is 9.99. The molecule has 0 aromatic carbocycles. The molecule has 1 aliphatic carbocycles. The Bertz CT molecular complexity index is 630. The minimum absolute atomic E-state index is 0.227. The Labute approximate surface area is 162 Å². The van der Waals surface area contributed by atoms with Crippen LogP contribution in [0.15, 0.2) is 0 Å². The van der Waals surface area contributed by atoms with E-state index < -0.39 is 11.6 Å². The Hall–Kier alpha value is -2.10. The molecule has 0 radical (unpaired) electrons. The molecule has 7 heteroatoms. The van der Waals surface area contributed by atoms with E-state index in [9.17, 15) is 14.4 Å². The van der Waals surface area contributed by atoms with Gasteiger partial charge in [0.1, 0.15) is 12.1 Å². The summed E-state index contributed by atoms with van der Waals surface area (Å²) >= 11 is 0. The van der Waals surface area contributed by atoms with Crippen LogP contribution in [0.2, 0.25) is 0 Å². The molecule has 27 heavy (non-hydrogen) atoms. The van der Waals surface area contributed by atoms with Crippen LogP contribution in [-0.2, 0) is 9.59 Å². The molecule has 2 aliphatic rings. The number of rotatable bonds is 7. The highest BCUT2D eigenvalue weighted by atomic mass is 16.2. The lowest BCUT2D eigenvalue weighted by molar-refractivity contribution is -0.139. The predicted octanol–water partition coefficient (Wildman–Crippen LogP) is 2.67. The summed E-state index contributed by atoms with van der Waals surface area (Å²) in [5.41, 5.74) is -0.618. The lowest BCUT2D eigenvalue weighted by Gasteiger charge is -2.42. The van der Waals surface area contributed by atoms with Crippen molar-refractivity contribution < 1.29 is 14.4 Å². The van der Waals surface area contributed by atoms with E-state index in [0.717, 1.165) is 24.2 Å². The van der Waals surface area contributed by atoms with Gasteiger partial charge in [0.25, 0.3) is 5.91 Å². The van der Waals surface area contributed by atoms with Crippen molar-refractivity contribution in [1.29, 1.82) is 5.26 Å². The average Bonchev–Trinajstić information content (AvgIpc) is 2.87. The van der Waals surface area contributed by atoms with E-state index in [0.29, 0.717) is 31.8 Å². The van der Waals surface area contributed by atoms with E-state index in [1.807, 2.05) is 13.0 Å². The Kier molecular flexibility index (Phi) is 6.50. The molecule has 0 aromatic heterocycles. The summed E-state index contributed by atoms with van der Waals surface area (Å²) in [6.45, 7) is 9.03. The highest BCUT2D eigenvalue weighted by Crippen LogP contribution is 2.45. The summed E-state index contributed by atoms with van der Waals surface area (Å²) in [5, 5.41) is 11.6. The molecule has 1 N–H and O–H groups in total. The van der Waals surface area contributed by atoms with E-state index in [2.05, 4.69) is 26.1 Å². The third-order valence-electron chi connectivity index (χ3n) is 6.62. The second-order valence-corrected chi connectivity index (χ2v) is 8.40. The third kappa shape index (κ3) is 4.26. The molecule has 1 heterocycles. The van der Waals surface area contributed by atoms with Gasteiger partial charge in [0.15, 0.2) is 0 Å². The van der Waals surface area contributed by atoms with Gasteiger partial charge in [-0.15, -0.1) is 0 Å². The summed E-state index contributed by atoms with van der Waals surface area (Å²) in [7, 11) is 0. The van der Waals surface area contributed by atoms with Crippen LogP contribution >= 0.6 is 0 Å². The minimum Gasteiger partial charge on any atom is -0.340 e. The second-order valence-electron chi connectivity index (χ2n) is 8.40. The van der Waals surface area contributed by atoms with E-state index in [1.165, 1.54) is 4.90 Å². The van der Waals surface area contributed by atoms with Crippen molar-refractivity contribution in [1.82, 2.24) is 15.1 Å².